The van der Waals surface area contributed by atoms with Crippen molar-refractivity contribution >= 4 is 33.5 Å². The van der Waals surface area contributed by atoms with Crippen molar-refractivity contribution in [2.75, 3.05) is 30.3 Å². The first-order valence-electron chi connectivity index (χ1n) is 8.91. The van der Waals surface area contributed by atoms with Gasteiger partial charge in [0, 0.05) is 24.7 Å². The number of H-pyrrole nitrogens is 1. The number of piperidine rings is 1. The van der Waals surface area contributed by atoms with Gasteiger partial charge in [0.15, 0.2) is 12.2 Å². The second-order valence-corrected chi connectivity index (χ2v) is 7.29. The summed E-state index contributed by atoms with van der Waals surface area (Å²) >= 11 is 1.76. The third-order valence-electron chi connectivity index (χ3n) is 4.35. The summed E-state index contributed by atoms with van der Waals surface area (Å²) < 4.78 is 5.36. The molecule has 0 amide bonds. The molecule has 0 unspecified atom stereocenters. The molecule has 5 heterocycles. The molecule has 0 radical (unpaired) electrons. The summed E-state index contributed by atoms with van der Waals surface area (Å²) in [5.74, 6) is 2.68. The summed E-state index contributed by atoms with van der Waals surface area (Å²) in [5, 5.41) is 4.31. The quantitative estimate of drug-likeness (QED) is 0.716. The Balaban J connectivity index is 0.000000240. The fraction of sp³-hybridized carbons (Fsp3) is 0.389. The Labute approximate surface area is 156 Å². The topological polar surface area (TPSA) is 82.9 Å². The van der Waals surface area contributed by atoms with E-state index < -0.39 is 0 Å². The Bertz CT molecular complexity index is 844. The van der Waals surface area contributed by atoms with E-state index in [1.165, 1.54) is 38.7 Å². The number of hydrogen-bond donors (Lipinski definition) is 2. The summed E-state index contributed by atoms with van der Waals surface area (Å²) in [6, 6.07) is 1.99. The van der Waals surface area contributed by atoms with Gasteiger partial charge in [-0.1, -0.05) is 6.42 Å². The monoisotopic (exact) mass is 370 g/mol. The highest BCUT2D eigenvalue weighted by Gasteiger charge is 2.18. The molecule has 0 aromatic carbocycles. The first kappa shape index (κ1) is 17.1. The second kappa shape index (κ2) is 8.37. The van der Waals surface area contributed by atoms with Crippen LogP contribution >= 0.6 is 11.8 Å². The van der Waals surface area contributed by atoms with Crippen LogP contribution in [0.15, 0.2) is 41.8 Å². The van der Waals surface area contributed by atoms with Gasteiger partial charge >= 0.3 is 0 Å². The van der Waals surface area contributed by atoms with Gasteiger partial charge in [0.25, 0.3) is 0 Å². The van der Waals surface area contributed by atoms with E-state index in [4.69, 9.17) is 4.42 Å². The van der Waals surface area contributed by atoms with Gasteiger partial charge in [-0.05, 0) is 32.0 Å². The third kappa shape index (κ3) is 3.91. The van der Waals surface area contributed by atoms with Gasteiger partial charge in [0.1, 0.15) is 17.8 Å². The van der Waals surface area contributed by atoms with Crippen molar-refractivity contribution in [2.45, 2.75) is 19.3 Å². The van der Waals surface area contributed by atoms with Crippen LogP contribution < -0.4 is 10.2 Å². The molecule has 1 saturated heterocycles. The molecule has 0 atom stereocenters. The molecule has 0 bridgehead atoms. The van der Waals surface area contributed by atoms with E-state index in [1.54, 1.807) is 24.3 Å². The predicted molar refractivity (Wildman–Crippen MR) is 105 cm³/mol. The standard InChI is InChI=1S/C13H11N5OS.C5H11N/c1-2-15-12-9(1)13(17-7-16-12)18-3-4-20-11(6-18)10-5-14-8-19-10;1-2-4-6-5-3-1/h1-2,5-8H,3-4H2,(H,15,16,17);6H,1-5H2. The Morgan fingerprint density at radius 2 is 2.08 bits per heavy atom. The molecule has 5 rings (SSSR count). The summed E-state index contributed by atoms with van der Waals surface area (Å²) in [6.07, 6.45) is 12.9. The number of thioether (sulfide) groups is 1. The third-order valence-corrected chi connectivity index (χ3v) is 5.35. The largest absolute Gasteiger partial charge is 0.443 e. The number of aromatic amines is 1. The fourth-order valence-electron chi connectivity index (χ4n) is 3.03. The van der Waals surface area contributed by atoms with Crippen molar-refractivity contribution in [1.29, 1.82) is 0 Å². The molecule has 136 valence electrons. The van der Waals surface area contributed by atoms with Gasteiger partial charge in [0.2, 0.25) is 0 Å². The van der Waals surface area contributed by atoms with Crippen LogP contribution in [0.1, 0.15) is 25.0 Å². The lowest BCUT2D eigenvalue weighted by atomic mass is 10.2. The minimum atomic E-state index is 0.791. The molecule has 0 spiro atoms. The molecule has 1 fully saturated rings. The number of oxazole rings is 1. The predicted octanol–water partition coefficient (Wildman–Crippen LogP) is 3.26. The average Bonchev–Trinajstić information content (AvgIpc) is 3.41. The van der Waals surface area contributed by atoms with E-state index in [1.807, 2.05) is 12.3 Å². The van der Waals surface area contributed by atoms with Crippen molar-refractivity contribution in [2.24, 2.45) is 0 Å². The van der Waals surface area contributed by atoms with E-state index in [-0.39, 0.29) is 0 Å². The average molecular weight is 370 g/mol. The Morgan fingerprint density at radius 1 is 1.15 bits per heavy atom. The number of rotatable bonds is 2. The zero-order chi connectivity index (χ0) is 17.6. The number of fused-ring (bicyclic) bond motifs is 1. The van der Waals surface area contributed by atoms with Gasteiger partial charge in [-0.2, -0.15) is 0 Å². The van der Waals surface area contributed by atoms with Crippen molar-refractivity contribution in [1.82, 2.24) is 25.3 Å². The maximum atomic E-state index is 5.36. The molecule has 2 aliphatic rings. The summed E-state index contributed by atoms with van der Waals surface area (Å²) in [5.41, 5.74) is 0.850. The fourth-order valence-corrected chi connectivity index (χ4v) is 3.98. The van der Waals surface area contributed by atoms with E-state index >= 15 is 0 Å². The van der Waals surface area contributed by atoms with Gasteiger partial charge in [0.05, 0.1) is 16.5 Å². The van der Waals surface area contributed by atoms with Crippen molar-refractivity contribution < 1.29 is 4.42 Å². The van der Waals surface area contributed by atoms with E-state index in [0.717, 1.165) is 39.8 Å². The maximum Gasteiger partial charge on any atom is 0.181 e. The van der Waals surface area contributed by atoms with Crippen molar-refractivity contribution in [3.63, 3.8) is 0 Å². The van der Waals surface area contributed by atoms with Crippen molar-refractivity contribution in [3.05, 3.63) is 43.1 Å². The van der Waals surface area contributed by atoms with Gasteiger partial charge in [-0.3, -0.25) is 0 Å². The summed E-state index contributed by atoms with van der Waals surface area (Å²) in [4.78, 5) is 18.9. The van der Waals surface area contributed by atoms with Crippen LogP contribution in [0, 0.1) is 0 Å². The number of nitrogens with zero attached hydrogens (tertiary/aromatic N) is 4. The summed E-state index contributed by atoms with van der Waals surface area (Å²) in [7, 11) is 0. The molecule has 3 aromatic heterocycles. The number of anilines is 1. The van der Waals surface area contributed by atoms with E-state index in [9.17, 15) is 0 Å². The first-order chi connectivity index (χ1) is 12.9. The molecule has 2 aliphatic heterocycles. The van der Waals surface area contributed by atoms with Crippen molar-refractivity contribution in [3.8, 4) is 0 Å². The van der Waals surface area contributed by atoms with Crippen LogP contribution in [-0.4, -0.2) is 45.3 Å². The lowest BCUT2D eigenvalue weighted by Gasteiger charge is -2.25. The molecule has 0 aliphatic carbocycles. The number of nitrogens with one attached hydrogen (secondary N) is 2. The van der Waals surface area contributed by atoms with Gasteiger partial charge in [-0.15, -0.1) is 11.8 Å². The highest BCUT2D eigenvalue weighted by Crippen LogP contribution is 2.34. The molecule has 7 nitrogen and oxygen atoms in total. The van der Waals surface area contributed by atoms with E-state index in [0.29, 0.717) is 0 Å². The minimum Gasteiger partial charge on any atom is -0.443 e. The minimum absolute atomic E-state index is 0.791. The molecular weight excluding hydrogens is 348 g/mol. The zero-order valence-electron chi connectivity index (χ0n) is 14.5. The van der Waals surface area contributed by atoms with Crippen LogP contribution in [0.5, 0.6) is 0 Å². The van der Waals surface area contributed by atoms with Crippen LogP contribution in [0.4, 0.5) is 5.82 Å². The number of aromatic nitrogens is 4. The zero-order valence-corrected chi connectivity index (χ0v) is 15.3. The molecule has 0 saturated carbocycles. The van der Waals surface area contributed by atoms with Crippen LogP contribution in [0.3, 0.4) is 0 Å². The molecular formula is C18H22N6OS. The maximum absolute atomic E-state index is 5.36. The second-order valence-electron chi connectivity index (χ2n) is 6.15. The Kier molecular flexibility index (Phi) is 5.51. The smallest absolute Gasteiger partial charge is 0.181 e. The lowest BCUT2D eigenvalue weighted by Crippen LogP contribution is -2.24. The van der Waals surface area contributed by atoms with Crippen LogP contribution in [0.2, 0.25) is 0 Å². The molecule has 26 heavy (non-hydrogen) atoms. The first-order valence-corrected chi connectivity index (χ1v) is 9.89. The van der Waals surface area contributed by atoms with Gasteiger partial charge < -0.3 is 19.6 Å². The Morgan fingerprint density at radius 3 is 2.81 bits per heavy atom. The molecule has 3 aromatic rings. The highest BCUT2D eigenvalue weighted by molar-refractivity contribution is 8.08. The lowest BCUT2D eigenvalue weighted by molar-refractivity contribution is 0.520. The highest BCUT2D eigenvalue weighted by atomic mass is 32.2. The Hall–Kier alpha value is -2.32. The molecule has 8 heteroatoms. The molecule has 2 N–H and O–H groups in total. The number of hydrogen-bond acceptors (Lipinski definition) is 7. The normalized spacial score (nSPS) is 17.5. The van der Waals surface area contributed by atoms with Crippen LogP contribution in [-0.2, 0) is 0 Å². The van der Waals surface area contributed by atoms with Gasteiger partial charge in [-0.25, -0.2) is 15.0 Å². The summed E-state index contributed by atoms with van der Waals surface area (Å²) in [6.45, 7) is 3.40. The SMILES string of the molecule is C1=C(c2cnco2)SCCN1c1ncnc2[nH]ccc12.C1CCNCC1. The van der Waals surface area contributed by atoms with E-state index in [2.05, 4.69) is 36.4 Å². The van der Waals surface area contributed by atoms with Crippen LogP contribution in [0.25, 0.3) is 15.9 Å².